The molecule has 5 heteroatoms. The molecule has 0 aliphatic rings. The van der Waals surface area contributed by atoms with Gasteiger partial charge in [0.2, 0.25) is 0 Å². The predicted octanol–water partition coefficient (Wildman–Crippen LogP) is 3.01. The van der Waals surface area contributed by atoms with Gasteiger partial charge in [0.1, 0.15) is 17.5 Å². The minimum Gasteiger partial charge on any atom is -0.494 e. The maximum atomic E-state index is 11.3. The van der Waals surface area contributed by atoms with E-state index < -0.39 is 12.0 Å². The molecule has 0 aliphatic carbocycles. The van der Waals surface area contributed by atoms with Gasteiger partial charge in [-0.3, -0.25) is 0 Å². The van der Waals surface area contributed by atoms with Gasteiger partial charge in [0.15, 0.2) is 0 Å². The third-order valence-electron chi connectivity index (χ3n) is 2.81. The highest BCUT2D eigenvalue weighted by Gasteiger charge is 2.22. The topological polar surface area (TPSA) is 67.8 Å². The summed E-state index contributed by atoms with van der Waals surface area (Å²) in [7, 11) is 0. The number of hydrogen-bond acceptors (Lipinski definition) is 4. The van der Waals surface area contributed by atoms with E-state index in [4.69, 9.17) is 9.47 Å². The number of carboxylic acids is 1. The smallest absolute Gasteiger partial charge is 0.326 e. The van der Waals surface area contributed by atoms with Crippen molar-refractivity contribution in [3.63, 3.8) is 0 Å². The molecule has 1 aromatic carbocycles. The van der Waals surface area contributed by atoms with E-state index in [-0.39, 0.29) is 5.92 Å². The SMILES string of the molecule is CCOc1ccc(OCC)c(NC(C(=O)O)C(C)C)c1. The van der Waals surface area contributed by atoms with Crippen LogP contribution < -0.4 is 14.8 Å². The van der Waals surface area contributed by atoms with Gasteiger partial charge in [-0.1, -0.05) is 13.8 Å². The van der Waals surface area contributed by atoms with Crippen LogP contribution in [0.4, 0.5) is 5.69 Å². The minimum absolute atomic E-state index is 0.0438. The normalized spacial score (nSPS) is 12.1. The van der Waals surface area contributed by atoms with Crippen LogP contribution in [0.2, 0.25) is 0 Å². The zero-order chi connectivity index (χ0) is 15.1. The molecule has 0 radical (unpaired) electrons. The van der Waals surface area contributed by atoms with Crippen LogP contribution in [0, 0.1) is 5.92 Å². The standard InChI is InChI=1S/C15H23NO4/c1-5-19-11-7-8-13(20-6-2)12(9-11)16-14(10(3)4)15(17)18/h7-10,14,16H,5-6H2,1-4H3,(H,17,18). The van der Waals surface area contributed by atoms with E-state index in [1.54, 1.807) is 12.1 Å². The first-order valence-electron chi connectivity index (χ1n) is 6.88. The van der Waals surface area contributed by atoms with Crippen LogP contribution in [0.3, 0.4) is 0 Å². The van der Waals surface area contributed by atoms with Crippen molar-refractivity contribution in [1.82, 2.24) is 0 Å². The summed E-state index contributed by atoms with van der Waals surface area (Å²) in [5.41, 5.74) is 0.638. The molecule has 112 valence electrons. The van der Waals surface area contributed by atoms with Crippen LogP contribution in [0.5, 0.6) is 11.5 Å². The summed E-state index contributed by atoms with van der Waals surface area (Å²) in [5, 5.41) is 12.3. The molecule has 0 fully saturated rings. The Kier molecular flexibility index (Phi) is 6.15. The maximum Gasteiger partial charge on any atom is 0.326 e. The molecule has 0 saturated heterocycles. The molecule has 0 aromatic heterocycles. The fourth-order valence-corrected chi connectivity index (χ4v) is 1.84. The molecule has 1 unspecified atom stereocenters. The summed E-state index contributed by atoms with van der Waals surface area (Å²) in [6.07, 6.45) is 0. The van der Waals surface area contributed by atoms with Crippen LogP contribution in [0.25, 0.3) is 0 Å². The molecule has 0 bridgehead atoms. The van der Waals surface area contributed by atoms with Gasteiger partial charge in [-0.2, -0.15) is 0 Å². The van der Waals surface area contributed by atoms with Crippen molar-refractivity contribution < 1.29 is 19.4 Å². The van der Waals surface area contributed by atoms with Gasteiger partial charge in [-0.25, -0.2) is 4.79 Å². The largest absolute Gasteiger partial charge is 0.494 e. The van der Waals surface area contributed by atoms with E-state index in [1.165, 1.54) is 0 Å². The highest BCUT2D eigenvalue weighted by atomic mass is 16.5. The van der Waals surface area contributed by atoms with Gasteiger partial charge in [-0.15, -0.1) is 0 Å². The lowest BCUT2D eigenvalue weighted by atomic mass is 10.0. The van der Waals surface area contributed by atoms with Gasteiger partial charge in [0.25, 0.3) is 0 Å². The quantitative estimate of drug-likeness (QED) is 0.766. The molecule has 0 aliphatic heterocycles. The van der Waals surface area contributed by atoms with Gasteiger partial charge < -0.3 is 19.9 Å². The van der Waals surface area contributed by atoms with Crippen molar-refractivity contribution >= 4 is 11.7 Å². The lowest BCUT2D eigenvalue weighted by molar-refractivity contribution is -0.138. The van der Waals surface area contributed by atoms with Crippen molar-refractivity contribution in [2.45, 2.75) is 33.7 Å². The Morgan fingerprint density at radius 3 is 2.40 bits per heavy atom. The van der Waals surface area contributed by atoms with Crippen LogP contribution in [0.1, 0.15) is 27.7 Å². The molecule has 0 heterocycles. The van der Waals surface area contributed by atoms with E-state index in [0.717, 1.165) is 0 Å². The van der Waals surface area contributed by atoms with E-state index >= 15 is 0 Å². The Labute approximate surface area is 119 Å². The Hall–Kier alpha value is -1.91. The molecule has 0 amide bonds. The third-order valence-corrected chi connectivity index (χ3v) is 2.81. The number of carbonyl (C=O) groups is 1. The zero-order valence-electron chi connectivity index (χ0n) is 12.5. The number of anilines is 1. The number of benzene rings is 1. The first-order valence-corrected chi connectivity index (χ1v) is 6.88. The highest BCUT2D eigenvalue weighted by molar-refractivity contribution is 5.79. The molecular formula is C15H23NO4. The first kappa shape index (κ1) is 16.1. The number of aliphatic carboxylic acids is 1. The van der Waals surface area contributed by atoms with Gasteiger partial charge in [0.05, 0.1) is 18.9 Å². The summed E-state index contributed by atoms with van der Waals surface area (Å²) >= 11 is 0. The Balaban J connectivity index is 3.04. The second-order valence-electron chi connectivity index (χ2n) is 4.73. The fraction of sp³-hybridized carbons (Fsp3) is 0.533. The van der Waals surface area contributed by atoms with Crippen molar-refractivity contribution in [2.75, 3.05) is 18.5 Å². The van der Waals surface area contributed by atoms with Crippen molar-refractivity contribution in [3.05, 3.63) is 18.2 Å². The molecule has 0 spiro atoms. The number of hydrogen-bond donors (Lipinski definition) is 2. The van der Waals surface area contributed by atoms with Crippen LogP contribution in [0.15, 0.2) is 18.2 Å². The predicted molar refractivity (Wildman–Crippen MR) is 78.7 cm³/mol. The lowest BCUT2D eigenvalue weighted by Crippen LogP contribution is -2.34. The molecule has 1 aromatic rings. The molecular weight excluding hydrogens is 258 g/mol. The van der Waals surface area contributed by atoms with Crippen molar-refractivity contribution in [2.24, 2.45) is 5.92 Å². The van der Waals surface area contributed by atoms with E-state index in [9.17, 15) is 9.90 Å². The average molecular weight is 281 g/mol. The van der Waals surface area contributed by atoms with Crippen LogP contribution in [-0.2, 0) is 4.79 Å². The summed E-state index contributed by atoms with van der Waals surface area (Å²) in [6.45, 7) is 8.58. The van der Waals surface area contributed by atoms with Gasteiger partial charge >= 0.3 is 5.97 Å². The van der Waals surface area contributed by atoms with Crippen LogP contribution in [-0.4, -0.2) is 30.3 Å². The molecule has 1 rings (SSSR count). The number of ether oxygens (including phenoxy) is 2. The van der Waals surface area contributed by atoms with E-state index in [0.29, 0.717) is 30.4 Å². The van der Waals surface area contributed by atoms with Crippen LogP contribution >= 0.6 is 0 Å². The average Bonchev–Trinajstić information content (AvgIpc) is 2.38. The highest BCUT2D eigenvalue weighted by Crippen LogP contribution is 2.30. The molecule has 0 saturated carbocycles. The van der Waals surface area contributed by atoms with Gasteiger partial charge in [0, 0.05) is 6.07 Å². The first-order chi connectivity index (χ1) is 9.49. The lowest BCUT2D eigenvalue weighted by Gasteiger charge is -2.21. The van der Waals surface area contributed by atoms with Crippen molar-refractivity contribution in [1.29, 1.82) is 0 Å². The van der Waals surface area contributed by atoms with E-state index in [2.05, 4.69) is 5.32 Å². The minimum atomic E-state index is -0.885. The summed E-state index contributed by atoms with van der Waals surface area (Å²) in [5.74, 6) is 0.385. The molecule has 5 nitrogen and oxygen atoms in total. The van der Waals surface area contributed by atoms with Gasteiger partial charge in [-0.05, 0) is 31.9 Å². The van der Waals surface area contributed by atoms with Crippen molar-refractivity contribution in [3.8, 4) is 11.5 Å². The maximum absolute atomic E-state index is 11.3. The van der Waals surface area contributed by atoms with E-state index in [1.807, 2.05) is 33.8 Å². The number of rotatable bonds is 8. The summed E-state index contributed by atoms with van der Waals surface area (Å²) in [6, 6.07) is 4.69. The second-order valence-corrected chi connectivity index (χ2v) is 4.73. The Bertz CT molecular complexity index is 445. The summed E-state index contributed by atoms with van der Waals surface area (Å²) in [4.78, 5) is 11.3. The Morgan fingerprint density at radius 2 is 1.90 bits per heavy atom. The third kappa shape index (κ3) is 4.33. The second kappa shape index (κ2) is 7.62. The number of nitrogens with one attached hydrogen (secondary N) is 1. The summed E-state index contributed by atoms with van der Waals surface area (Å²) < 4.78 is 11.0. The molecule has 20 heavy (non-hydrogen) atoms. The molecule has 2 N–H and O–H groups in total. The molecule has 1 atom stereocenters. The fourth-order valence-electron chi connectivity index (χ4n) is 1.84. The Morgan fingerprint density at radius 1 is 1.25 bits per heavy atom. The monoisotopic (exact) mass is 281 g/mol. The zero-order valence-corrected chi connectivity index (χ0v) is 12.5. The number of carboxylic acid groups (broad SMARTS) is 1.